The average molecular weight is 182 g/mol. The van der Waals surface area contributed by atoms with Gasteiger partial charge in [-0.2, -0.15) is 0 Å². The fourth-order valence-corrected chi connectivity index (χ4v) is 1.92. The van der Waals surface area contributed by atoms with Gasteiger partial charge >= 0.3 is 0 Å². The molecule has 1 heterocycles. The predicted octanol–water partition coefficient (Wildman–Crippen LogP) is 1.49. The number of nitrogens with one attached hydrogen (secondary N) is 1. The molecule has 1 fully saturated rings. The fraction of sp³-hybridized carbons (Fsp3) is 0.818. The highest BCUT2D eigenvalue weighted by molar-refractivity contribution is 4.92. The van der Waals surface area contributed by atoms with E-state index in [4.69, 9.17) is 0 Å². The summed E-state index contributed by atoms with van der Waals surface area (Å²) in [4.78, 5) is 2.49. The van der Waals surface area contributed by atoms with Crippen LogP contribution in [0.3, 0.4) is 0 Å². The lowest BCUT2D eigenvalue weighted by Crippen LogP contribution is -2.31. The zero-order valence-corrected chi connectivity index (χ0v) is 8.97. The maximum absolute atomic E-state index is 3.96. The fourth-order valence-electron chi connectivity index (χ4n) is 1.92. The molecule has 2 heteroatoms. The molecule has 13 heavy (non-hydrogen) atoms. The quantitative estimate of drug-likeness (QED) is 0.648. The predicted molar refractivity (Wildman–Crippen MR) is 57.9 cm³/mol. The van der Waals surface area contributed by atoms with Gasteiger partial charge in [-0.3, -0.25) is 4.90 Å². The van der Waals surface area contributed by atoms with Crippen LogP contribution >= 0.6 is 0 Å². The first-order valence-electron chi connectivity index (χ1n) is 5.29. The van der Waals surface area contributed by atoms with E-state index in [9.17, 15) is 0 Å². The minimum absolute atomic E-state index is 0.860. The van der Waals surface area contributed by atoms with E-state index in [0.717, 1.165) is 19.0 Å². The molecular weight excluding hydrogens is 160 g/mol. The molecular formula is C11H22N2. The molecule has 1 rings (SSSR count). The Morgan fingerprint density at radius 1 is 1.62 bits per heavy atom. The van der Waals surface area contributed by atoms with Crippen LogP contribution in [-0.2, 0) is 0 Å². The molecule has 76 valence electrons. The van der Waals surface area contributed by atoms with Crippen molar-refractivity contribution in [3.8, 4) is 0 Å². The summed E-state index contributed by atoms with van der Waals surface area (Å²) in [5.41, 5.74) is 1.27. The highest BCUT2D eigenvalue weighted by Gasteiger charge is 2.16. The third kappa shape index (κ3) is 3.92. The lowest BCUT2D eigenvalue weighted by Gasteiger charge is -2.23. The van der Waals surface area contributed by atoms with E-state index < -0.39 is 0 Å². The van der Waals surface area contributed by atoms with Crippen LogP contribution in [0.2, 0.25) is 0 Å². The van der Waals surface area contributed by atoms with E-state index in [1.807, 2.05) is 0 Å². The first-order valence-corrected chi connectivity index (χ1v) is 5.29. The molecule has 1 aliphatic rings. The molecule has 1 aliphatic heterocycles. The third-order valence-electron chi connectivity index (χ3n) is 2.62. The monoisotopic (exact) mass is 182 g/mol. The Bertz CT molecular complexity index is 159. The van der Waals surface area contributed by atoms with Crippen molar-refractivity contribution in [2.75, 3.05) is 32.7 Å². The maximum Gasteiger partial charge on any atom is 0.0187 e. The van der Waals surface area contributed by atoms with Crippen LogP contribution in [0.5, 0.6) is 0 Å². The summed E-state index contributed by atoms with van der Waals surface area (Å²) >= 11 is 0. The second-order valence-corrected chi connectivity index (χ2v) is 4.14. The summed E-state index contributed by atoms with van der Waals surface area (Å²) in [6.45, 7) is 14.1. The van der Waals surface area contributed by atoms with Crippen LogP contribution in [0.15, 0.2) is 12.2 Å². The Morgan fingerprint density at radius 2 is 2.38 bits per heavy atom. The van der Waals surface area contributed by atoms with Gasteiger partial charge in [-0.15, -0.1) is 0 Å². The SMILES string of the molecule is C=C(C)CN(CC)CC1CCNC1. The first kappa shape index (κ1) is 10.7. The van der Waals surface area contributed by atoms with Gasteiger partial charge in [0, 0.05) is 13.1 Å². The molecule has 0 spiro atoms. The van der Waals surface area contributed by atoms with Crippen LogP contribution in [-0.4, -0.2) is 37.6 Å². The molecule has 0 aromatic rings. The minimum atomic E-state index is 0.860. The Labute approximate surface area is 82.0 Å². The molecule has 1 N–H and O–H groups in total. The van der Waals surface area contributed by atoms with Gasteiger partial charge in [0.05, 0.1) is 0 Å². The second kappa shape index (κ2) is 5.40. The molecule has 2 nitrogen and oxygen atoms in total. The molecule has 0 bridgehead atoms. The summed E-state index contributed by atoms with van der Waals surface area (Å²) in [5, 5.41) is 3.41. The van der Waals surface area contributed by atoms with E-state index in [-0.39, 0.29) is 0 Å². The van der Waals surface area contributed by atoms with Crippen LogP contribution in [0.4, 0.5) is 0 Å². The third-order valence-corrected chi connectivity index (χ3v) is 2.62. The number of rotatable bonds is 5. The normalized spacial score (nSPS) is 22.5. The number of hydrogen-bond donors (Lipinski definition) is 1. The van der Waals surface area contributed by atoms with E-state index in [1.54, 1.807) is 0 Å². The minimum Gasteiger partial charge on any atom is -0.316 e. The smallest absolute Gasteiger partial charge is 0.0187 e. The Balaban J connectivity index is 2.25. The Morgan fingerprint density at radius 3 is 2.85 bits per heavy atom. The van der Waals surface area contributed by atoms with Crippen molar-refractivity contribution in [3.05, 3.63) is 12.2 Å². The molecule has 0 aromatic carbocycles. The van der Waals surface area contributed by atoms with Crippen molar-refractivity contribution < 1.29 is 0 Å². The van der Waals surface area contributed by atoms with Crippen LogP contribution in [0.1, 0.15) is 20.3 Å². The van der Waals surface area contributed by atoms with Crippen LogP contribution in [0, 0.1) is 5.92 Å². The number of hydrogen-bond acceptors (Lipinski definition) is 2. The van der Waals surface area contributed by atoms with Gasteiger partial charge in [-0.1, -0.05) is 19.1 Å². The standard InChI is InChI=1S/C11H22N2/c1-4-13(8-10(2)3)9-11-5-6-12-7-11/h11-12H,2,4-9H2,1,3H3. The molecule has 1 atom stereocenters. The van der Waals surface area contributed by atoms with E-state index in [0.29, 0.717) is 0 Å². The van der Waals surface area contributed by atoms with Crippen molar-refractivity contribution in [3.63, 3.8) is 0 Å². The van der Waals surface area contributed by atoms with Crippen molar-refractivity contribution in [1.82, 2.24) is 10.2 Å². The highest BCUT2D eigenvalue weighted by atomic mass is 15.1. The van der Waals surface area contributed by atoms with Crippen LogP contribution in [0.25, 0.3) is 0 Å². The van der Waals surface area contributed by atoms with Gasteiger partial charge in [0.25, 0.3) is 0 Å². The van der Waals surface area contributed by atoms with Gasteiger partial charge in [-0.25, -0.2) is 0 Å². The molecule has 1 unspecified atom stereocenters. The topological polar surface area (TPSA) is 15.3 Å². The van der Waals surface area contributed by atoms with Gasteiger partial charge in [0.2, 0.25) is 0 Å². The summed E-state index contributed by atoms with van der Waals surface area (Å²) in [5.74, 6) is 0.860. The molecule has 0 saturated carbocycles. The molecule has 1 saturated heterocycles. The largest absolute Gasteiger partial charge is 0.316 e. The highest BCUT2D eigenvalue weighted by Crippen LogP contribution is 2.10. The van der Waals surface area contributed by atoms with E-state index in [1.165, 1.54) is 31.6 Å². The van der Waals surface area contributed by atoms with Crippen molar-refractivity contribution in [1.29, 1.82) is 0 Å². The summed E-state index contributed by atoms with van der Waals surface area (Å²) < 4.78 is 0. The average Bonchev–Trinajstić information content (AvgIpc) is 2.55. The van der Waals surface area contributed by atoms with Crippen LogP contribution < -0.4 is 5.32 Å². The van der Waals surface area contributed by atoms with Crippen molar-refractivity contribution in [2.24, 2.45) is 5.92 Å². The first-order chi connectivity index (χ1) is 6.22. The Hall–Kier alpha value is -0.340. The van der Waals surface area contributed by atoms with Gasteiger partial charge in [0.1, 0.15) is 0 Å². The molecule has 0 radical (unpaired) electrons. The summed E-state index contributed by atoms with van der Waals surface area (Å²) in [6, 6.07) is 0. The molecule has 0 amide bonds. The van der Waals surface area contributed by atoms with Gasteiger partial charge in [-0.05, 0) is 38.9 Å². The molecule has 0 aliphatic carbocycles. The summed E-state index contributed by atoms with van der Waals surface area (Å²) in [6.07, 6.45) is 1.34. The number of nitrogens with zero attached hydrogens (tertiary/aromatic N) is 1. The van der Waals surface area contributed by atoms with Crippen molar-refractivity contribution in [2.45, 2.75) is 20.3 Å². The van der Waals surface area contributed by atoms with E-state index in [2.05, 4.69) is 30.6 Å². The van der Waals surface area contributed by atoms with Gasteiger partial charge < -0.3 is 5.32 Å². The van der Waals surface area contributed by atoms with Gasteiger partial charge in [0.15, 0.2) is 0 Å². The number of likely N-dealkylation sites (N-methyl/N-ethyl adjacent to an activating group) is 1. The Kier molecular flexibility index (Phi) is 4.46. The zero-order chi connectivity index (χ0) is 9.68. The lowest BCUT2D eigenvalue weighted by molar-refractivity contribution is 0.267. The molecule has 0 aromatic heterocycles. The van der Waals surface area contributed by atoms with E-state index >= 15 is 0 Å². The zero-order valence-electron chi connectivity index (χ0n) is 8.97. The van der Waals surface area contributed by atoms with Crippen molar-refractivity contribution >= 4 is 0 Å². The maximum atomic E-state index is 3.96. The summed E-state index contributed by atoms with van der Waals surface area (Å²) in [7, 11) is 0. The second-order valence-electron chi connectivity index (χ2n) is 4.14. The lowest BCUT2D eigenvalue weighted by atomic mass is 10.1.